The smallest absolute Gasteiger partial charge is 0.174 e. The zero-order valence-corrected chi connectivity index (χ0v) is 18.4. The second-order valence-corrected chi connectivity index (χ2v) is 8.74. The molecule has 3 rings (SSSR count). The molecule has 0 saturated heterocycles. The van der Waals surface area contributed by atoms with E-state index in [-0.39, 0.29) is 0 Å². The summed E-state index contributed by atoms with van der Waals surface area (Å²) in [6.07, 6.45) is 1.67. The highest BCUT2D eigenvalue weighted by Crippen LogP contribution is 2.25. The van der Waals surface area contributed by atoms with Gasteiger partial charge >= 0.3 is 0 Å². The largest absolute Gasteiger partial charge is 0.338 e. The van der Waals surface area contributed by atoms with Gasteiger partial charge in [0.2, 0.25) is 0 Å². The first-order chi connectivity index (χ1) is 14.0. The van der Waals surface area contributed by atoms with Crippen LogP contribution in [-0.2, 0) is 16.6 Å². The van der Waals surface area contributed by atoms with E-state index in [2.05, 4.69) is 10.6 Å². The van der Waals surface area contributed by atoms with Gasteiger partial charge in [0.1, 0.15) is 0 Å². The summed E-state index contributed by atoms with van der Waals surface area (Å²) in [5.74, 6) is 0.406. The fraction of sp³-hybridized carbons (Fsp3) is 0.0455. The molecule has 1 unspecified atom stereocenters. The Bertz CT molecular complexity index is 1040. The minimum Gasteiger partial charge on any atom is -0.338 e. The summed E-state index contributed by atoms with van der Waals surface area (Å²) in [7, 11) is -1.27. The van der Waals surface area contributed by atoms with Gasteiger partial charge in [-0.05, 0) is 41.5 Å². The van der Waals surface area contributed by atoms with Crippen molar-refractivity contribution in [3.8, 4) is 0 Å². The summed E-state index contributed by atoms with van der Waals surface area (Å²) < 4.78 is 13.1. The van der Waals surface area contributed by atoms with Crippen molar-refractivity contribution in [1.29, 1.82) is 0 Å². The monoisotopic (exact) mass is 460 g/mol. The van der Waals surface area contributed by atoms with E-state index >= 15 is 0 Å². The van der Waals surface area contributed by atoms with Crippen LogP contribution < -0.4 is 10.6 Å². The lowest BCUT2D eigenvalue weighted by Crippen LogP contribution is -2.24. The number of thiocarbonyl (C=S) groups is 1. The summed E-state index contributed by atoms with van der Waals surface area (Å²) in [5, 5.41) is 7.38. The van der Waals surface area contributed by atoms with Gasteiger partial charge in [-0.3, -0.25) is 4.21 Å². The number of halogens is 2. The first kappa shape index (κ1) is 21.5. The number of anilines is 1. The third-order valence-corrected chi connectivity index (χ3v) is 6.18. The lowest BCUT2D eigenvalue weighted by atomic mass is 10.2. The molecule has 0 aliphatic rings. The fourth-order valence-electron chi connectivity index (χ4n) is 2.57. The van der Waals surface area contributed by atoms with E-state index < -0.39 is 10.8 Å². The van der Waals surface area contributed by atoms with Crippen molar-refractivity contribution < 1.29 is 4.21 Å². The molecular formula is C22H18Cl2N2OS2. The predicted molar refractivity (Wildman–Crippen MR) is 129 cm³/mol. The number of benzene rings is 3. The van der Waals surface area contributed by atoms with Crippen molar-refractivity contribution in [1.82, 2.24) is 5.32 Å². The molecule has 0 amide bonds. The van der Waals surface area contributed by atoms with E-state index in [1.165, 1.54) is 0 Å². The molecule has 7 heteroatoms. The van der Waals surface area contributed by atoms with Gasteiger partial charge in [-0.2, -0.15) is 0 Å². The molecule has 0 aliphatic heterocycles. The van der Waals surface area contributed by atoms with Crippen molar-refractivity contribution in [2.45, 2.75) is 5.75 Å². The molecule has 2 N–H and O–H groups in total. The SMILES string of the molecule is O=S(Cc1ccccc1)/C(=C\NC(=S)Nc1cc(Cl)ccc1Cl)c1ccccc1. The Balaban J connectivity index is 1.78. The Morgan fingerprint density at radius 1 is 0.966 bits per heavy atom. The maximum atomic E-state index is 13.1. The molecule has 1 atom stereocenters. The minimum atomic E-state index is -1.27. The van der Waals surface area contributed by atoms with Gasteiger partial charge in [0.05, 0.1) is 32.2 Å². The van der Waals surface area contributed by atoms with Gasteiger partial charge in [-0.1, -0.05) is 83.9 Å². The topological polar surface area (TPSA) is 41.1 Å². The Hall–Kier alpha value is -2.18. The average Bonchev–Trinajstić information content (AvgIpc) is 2.72. The van der Waals surface area contributed by atoms with E-state index in [0.717, 1.165) is 11.1 Å². The number of nitrogens with one attached hydrogen (secondary N) is 2. The molecule has 0 aromatic heterocycles. The molecule has 148 valence electrons. The van der Waals surface area contributed by atoms with E-state index in [9.17, 15) is 4.21 Å². The van der Waals surface area contributed by atoms with Gasteiger partial charge in [0, 0.05) is 11.2 Å². The molecular weight excluding hydrogens is 443 g/mol. The van der Waals surface area contributed by atoms with Gasteiger partial charge in [-0.15, -0.1) is 0 Å². The molecule has 3 aromatic rings. The van der Waals surface area contributed by atoms with Crippen molar-refractivity contribution in [3.63, 3.8) is 0 Å². The third kappa shape index (κ3) is 6.41. The van der Waals surface area contributed by atoms with Crippen molar-refractivity contribution in [3.05, 3.63) is 106 Å². The third-order valence-electron chi connectivity index (χ3n) is 3.96. The second kappa shape index (κ2) is 10.6. The van der Waals surface area contributed by atoms with E-state index in [1.54, 1.807) is 24.4 Å². The van der Waals surface area contributed by atoms with Gasteiger partial charge < -0.3 is 10.6 Å². The van der Waals surface area contributed by atoms with Crippen LogP contribution in [0.2, 0.25) is 10.0 Å². The molecule has 3 nitrogen and oxygen atoms in total. The molecule has 29 heavy (non-hydrogen) atoms. The molecule has 3 aromatic carbocycles. The molecule has 0 spiro atoms. The Morgan fingerprint density at radius 2 is 1.62 bits per heavy atom. The maximum Gasteiger partial charge on any atom is 0.174 e. The van der Waals surface area contributed by atoms with Crippen LogP contribution in [0.5, 0.6) is 0 Å². The number of hydrogen-bond donors (Lipinski definition) is 2. The van der Waals surface area contributed by atoms with Gasteiger partial charge in [0.25, 0.3) is 0 Å². The summed E-state index contributed by atoms with van der Waals surface area (Å²) in [5.41, 5.74) is 2.45. The second-order valence-electron chi connectivity index (χ2n) is 6.07. The van der Waals surface area contributed by atoms with Crippen LogP contribution in [0.15, 0.2) is 85.1 Å². The highest BCUT2D eigenvalue weighted by atomic mass is 35.5. The van der Waals surface area contributed by atoms with Crippen LogP contribution in [0.25, 0.3) is 4.91 Å². The average molecular weight is 461 g/mol. The number of hydrogen-bond acceptors (Lipinski definition) is 2. The lowest BCUT2D eigenvalue weighted by molar-refractivity contribution is 0.688. The molecule has 0 radical (unpaired) electrons. The van der Waals surface area contributed by atoms with Crippen LogP contribution in [0.3, 0.4) is 0 Å². The Morgan fingerprint density at radius 3 is 2.31 bits per heavy atom. The molecule has 0 heterocycles. The minimum absolute atomic E-state index is 0.319. The maximum absolute atomic E-state index is 13.1. The van der Waals surface area contributed by atoms with E-state index in [4.69, 9.17) is 35.4 Å². The van der Waals surface area contributed by atoms with Crippen LogP contribution in [0, 0.1) is 0 Å². The van der Waals surface area contributed by atoms with Crippen LogP contribution >= 0.6 is 35.4 Å². The first-order valence-corrected chi connectivity index (χ1v) is 11.2. The van der Waals surface area contributed by atoms with E-state index in [1.807, 2.05) is 60.7 Å². The van der Waals surface area contributed by atoms with Crippen LogP contribution in [0.1, 0.15) is 11.1 Å². The first-order valence-electron chi connectivity index (χ1n) is 8.73. The lowest BCUT2D eigenvalue weighted by Gasteiger charge is -2.12. The van der Waals surface area contributed by atoms with Crippen molar-refractivity contribution in [2.75, 3.05) is 5.32 Å². The van der Waals surface area contributed by atoms with Gasteiger partial charge in [-0.25, -0.2) is 0 Å². The standard InChI is InChI=1S/C22H18Cl2N2OS2/c23-18-11-12-19(24)20(13-18)26-22(28)25-14-21(17-9-5-2-6-10-17)29(27)15-16-7-3-1-4-8-16/h1-14H,15H2,(H2,25,26,28)/b21-14-. The molecule has 0 bridgehead atoms. The van der Waals surface area contributed by atoms with Crippen LogP contribution in [-0.4, -0.2) is 9.32 Å². The molecule has 0 aliphatic carbocycles. The summed E-state index contributed by atoms with van der Waals surface area (Å²) in [4.78, 5) is 0.649. The van der Waals surface area contributed by atoms with E-state index in [0.29, 0.717) is 31.5 Å². The van der Waals surface area contributed by atoms with Crippen molar-refractivity contribution in [2.24, 2.45) is 0 Å². The van der Waals surface area contributed by atoms with Crippen molar-refractivity contribution >= 4 is 61.9 Å². The molecule has 0 fully saturated rings. The predicted octanol–water partition coefficient (Wildman–Crippen LogP) is 6.23. The quantitative estimate of drug-likeness (QED) is 0.427. The highest BCUT2D eigenvalue weighted by Gasteiger charge is 2.12. The number of rotatable bonds is 6. The normalized spacial score (nSPS) is 12.3. The zero-order valence-electron chi connectivity index (χ0n) is 15.3. The van der Waals surface area contributed by atoms with Gasteiger partial charge in [0.15, 0.2) is 5.11 Å². The summed E-state index contributed by atoms with van der Waals surface area (Å²) in [6.45, 7) is 0. The Kier molecular flexibility index (Phi) is 7.83. The highest BCUT2D eigenvalue weighted by molar-refractivity contribution is 7.93. The summed E-state index contributed by atoms with van der Waals surface area (Å²) >= 11 is 17.5. The fourth-order valence-corrected chi connectivity index (χ4v) is 4.31. The molecule has 0 saturated carbocycles. The Labute approximate surface area is 188 Å². The summed E-state index contributed by atoms with van der Waals surface area (Å²) in [6, 6.07) is 24.4. The zero-order chi connectivity index (χ0) is 20.6. The van der Waals surface area contributed by atoms with Crippen LogP contribution in [0.4, 0.5) is 5.69 Å².